The number of hydrogen-bond donors (Lipinski definition) is 4. The van der Waals surface area contributed by atoms with E-state index in [-0.39, 0.29) is 27.8 Å². The second-order valence-electron chi connectivity index (χ2n) is 9.12. The fraction of sp³-hybridized carbons (Fsp3) is 0.259. The number of methoxy groups -OCH3 is 1. The summed E-state index contributed by atoms with van der Waals surface area (Å²) in [4.78, 5) is 36.1. The summed E-state index contributed by atoms with van der Waals surface area (Å²) in [5.41, 5.74) is 4.84. The molecule has 4 rings (SSSR count). The molecular weight excluding hydrogens is 575 g/mol. The summed E-state index contributed by atoms with van der Waals surface area (Å²) >= 11 is 5.81. The number of aromatic nitrogens is 4. The van der Waals surface area contributed by atoms with Gasteiger partial charge in [0.15, 0.2) is 11.5 Å². The van der Waals surface area contributed by atoms with Crippen LogP contribution in [0.3, 0.4) is 0 Å². The van der Waals surface area contributed by atoms with Crippen LogP contribution >= 0.6 is 11.6 Å². The number of nitrogens with two attached hydrogens (primary N) is 1. The first-order chi connectivity index (χ1) is 20.0. The molecule has 0 bridgehead atoms. The highest BCUT2D eigenvalue weighted by molar-refractivity contribution is 6.28. The Kier molecular flexibility index (Phi) is 8.98. The Morgan fingerprint density at radius 2 is 1.83 bits per heavy atom. The van der Waals surface area contributed by atoms with Crippen LogP contribution in [0.1, 0.15) is 17.4 Å². The molecule has 0 saturated heterocycles. The highest BCUT2D eigenvalue weighted by atomic mass is 35.5. The summed E-state index contributed by atoms with van der Waals surface area (Å²) in [6.07, 6.45) is -5.41. The van der Waals surface area contributed by atoms with Gasteiger partial charge >= 0.3 is 11.9 Å². The number of alkyl halides is 1. The molecule has 0 radical (unpaired) electrons. The second kappa shape index (κ2) is 12.5. The van der Waals surface area contributed by atoms with E-state index in [1.54, 1.807) is 36.4 Å². The Bertz CT molecular complexity index is 1650. The molecule has 0 saturated carbocycles. The molecule has 3 atom stereocenters. The van der Waals surface area contributed by atoms with Gasteiger partial charge in [0.05, 0.1) is 24.6 Å². The number of nitrogen functional groups attached to an aromatic ring is 1. The Morgan fingerprint density at radius 3 is 2.45 bits per heavy atom. The zero-order valence-corrected chi connectivity index (χ0v) is 22.6. The third kappa shape index (κ3) is 5.85. The average Bonchev–Trinajstić information content (AvgIpc) is 3.40. The summed E-state index contributed by atoms with van der Waals surface area (Å²) in [6, 6.07) is 15.2. The third-order valence-corrected chi connectivity index (χ3v) is 6.77. The number of hydrogen-bond acceptors (Lipinski definition) is 10. The minimum Gasteiger partial charge on any atom is -0.479 e. The van der Waals surface area contributed by atoms with E-state index in [2.05, 4.69) is 21.0 Å². The van der Waals surface area contributed by atoms with Crippen molar-refractivity contribution < 1.29 is 38.8 Å². The molecule has 0 fully saturated rings. The fourth-order valence-corrected chi connectivity index (χ4v) is 4.47. The van der Waals surface area contributed by atoms with Gasteiger partial charge in [-0.05, 0) is 34.4 Å². The summed E-state index contributed by atoms with van der Waals surface area (Å²) in [5.74, 6) is -3.76. The predicted octanol–water partition coefficient (Wildman–Crippen LogP) is 2.61. The van der Waals surface area contributed by atoms with Gasteiger partial charge < -0.3 is 30.5 Å². The Morgan fingerprint density at radius 1 is 1.17 bits per heavy atom. The molecular formula is C27H24ClFN6O7. The van der Waals surface area contributed by atoms with Crippen molar-refractivity contribution in [3.8, 4) is 17.2 Å². The zero-order valence-electron chi connectivity index (χ0n) is 21.9. The van der Waals surface area contributed by atoms with Crippen molar-refractivity contribution >= 4 is 40.5 Å². The number of ether oxygens (including phenoxy) is 2. The van der Waals surface area contributed by atoms with Crippen LogP contribution in [0.25, 0.3) is 22.3 Å². The number of carboxylic acids is 2. The molecule has 5 N–H and O–H groups in total. The molecule has 218 valence electrons. The minimum atomic E-state index is -2.81. The largest absolute Gasteiger partial charge is 0.479 e. The quantitative estimate of drug-likeness (QED) is 0.137. The molecule has 2 aromatic carbocycles. The number of nitriles is 1. The lowest BCUT2D eigenvalue weighted by Gasteiger charge is -2.30. The van der Waals surface area contributed by atoms with Gasteiger partial charge in [-0.3, -0.25) is 4.57 Å². The number of halogens is 2. The van der Waals surface area contributed by atoms with Gasteiger partial charge in [-0.15, -0.1) is 0 Å². The van der Waals surface area contributed by atoms with E-state index >= 15 is 4.39 Å². The first kappa shape index (κ1) is 30.3. The van der Waals surface area contributed by atoms with E-state index in [9.17, 15) is 30.2 Å². The van der Waals surface area contributed by atoms with Crippen molar-refractivity contribution in [2.75, 3.05) is 19.5 Å². The van der Waals surface area contributed by atoms with Gasteiger partial charge in [-0.1, -0.05) is 42.5 Å². The lowest BCUT2D eigenvalue weighted by Crippen LogP contribution is -2.53. The van der Waals surface area contributed by atoms with E-state index in [0.717, 1.165) is 18.0 Å². The maximum absolute atomic E-state index is 15.4. The van der Waals surface area contributed by atoms with Crippen LogP contribution in [0.4, 0.5) is 10.2 Å². The SMILES string of the molecule is CO[C@H](COC(Cc1ccc(-c2ccccc2C#N)cc1)(C(=O)O)C(=O)O)[C@@H](O)[C@H](F)n1cnc2c(N)nc(Cl)nc21. The maximum atomic E-state index is 15.4. The number of carbonyl (C=O) groups is 2. The smallest absolute Gasteiger partial charge is 0.348 e. The van der Waals surface area contributed by atoms with E-state index in [1.165, 1.54) is 12.1 Å². The molecule has 0 amide bonds. The number of aliphatic hydroxyl groups excluding tert-OH is 1. The van der Waals surface area contributed by atoms with E-state index in [0.29, 0.717) is 16.7 Å². The van der Waals surface area contributed by atoms with Crippen molar-refractivity contribution in [3.63, 3.8) is 0 Å². The fourth-order valence-electron chi connectivity index (χ4n) is 4.30. The number of nitrogens with zero attached hydrogens (tertiary/aromatic N) is 5. The minimum absolute atomic E-state index is 0.0253. The molecule has 42 heavy (non-hydrogen) atoms. The van der Waals surface area contributed by atoms with Crippen LogP contribution in [0, 0.1) is 11.3 Å². The number of imidazole rings is 1. The average molecular weight is 599 g/mol. The first-order valence-corrected chi connectivity index (χ1v) is 12.6. The molecule has 0 aliphatic heterocycles. The predicted molar refractivity (Wildman–Crippen MR) is 146 cm³/mol. The van der Waals surface area contributed by atoms with Crippen molar-refractivity contribution in [2.24, 2.45) is 0 Å². The van der Waals surface area contributed by atoms with E-state index in [1.807, 2.05) is 0 Å². The molecule has 2 heterocycles. The molecule has 0 aliphatic carbocycles. The molecule has 15 heteroatoms. The number of fused-ring (bicyclic) bond motifs is 1. The number of benzene rings is 2. The number of aliphatic hydroxyl groups is 1. The van der Waals surface area contributed by atoms with Crippen molar-refractivity contribution in [2.45, 2.75) is 30.5 Å². The van der Waals surface area contributed by atoms with Crippen LogP contribution in [-0.2, 0) is 25.5 Å². The number of carboxylic acid groups (broad SMARTS) is 2. The Labute approximate surface area is 242 Å². The summed E-state index contributed by atoms with van der Waals surface area (Å²) < 4.78 is 26.8. The van der Waals surface area contributed by atoms with Gasteiger partial charge in [0.2, 0.25) is 11.6 Å². The van der Waals surface area contributed by atoms with E-state index < -0.39 is 49.1 Å². The summed E-state index contributed by atoms with van der Waals surface area (Å²) in [5, 5.41) is 39.7. The van der Waals surface area contributed by atoms with Gasteiger partial charge in [0, 0.05) is 13.5 Å². The summed E-state index contributed by atoms with van der Waals surface area (Å²) in [7, 11) is 1.11. The van der Waals surface area contributed by atoms with Crippen LogP contribution in [-0.4, -0.2) is 78.3 Å². The topological polar surface area (TPSA) is 207 Å². The van der Waals surface area contributed by atoms with Crippen molar-refractivity contribution in [3.05, 3.63) is 71.3 Å². The van der Waals surface area contributed by atoms with Crippen molar-refractivity contribution in [1.29, 1.82) is 5.26 Å². The monoisotopic (exact) mass is 598 g/mol. The number of rotatable bonds is 12. The molecule has 0 aliphatic rings. The second-order valence-corrected chi connectivity index (χ2v) is 9.46. The molecule has 0 spiro atoms. The zero-order chi connectivity index (χ0) is 30.6. The number of anilines is 1. The van der Waals surface area contributed by atoms with Crippen LogP contribution in [0.2, 0.25) is 5.28 Å². The molecule has 0 unspecified atom stereocenters. The van der Waals surface area contributed by atoms with Crippen molar-refractivity contribution in [1.82, 2.24) is 19.5 Å². The van der Waals surface area contributed by atoms with Gasteiger partial charge in [0.25, 0.3) is 5.60 Å². The Hall–Kier alpha value is -4.68. The molecule has 4 aromatic rings. The highest BCUT2D eigenvalue weighted by Crippen LogP contribution is 2.29. The lowest BCUT2D eigenvalue weighted by atomic mass is 9.92. The van der Waals surface area contributed by atoms with Crippen LogP contribution < -0.4 is 5.73 Å². The van der Waals surface area contributed by atoms with Gasteiger partial charge in [-0.2, -0.15) is 15.2 Å². The summed E-state index contributed by atoms with van der Waals surface area (Å²) in [6.45, 7) is -0.825. The van der Waals surface area contributed by atoms with Gasteiger partial charge in [0.1, 0.15) is 17.7 Å². The lowest BCUT2D eigenvalue weighted by molar-refractivity contribution is -0.192. The molecule has 2 aromatic heterocycles. The van der Waals surface area contributed by atoms with E-state index in [4.69, 9.17) is 26.8 Å². The Balaban J connectivity index is 1.55. The highest BCUT2D eigenvalue weighted by Gasteiger charge is 2.49. The number of aliphatic carboxylic acids is 2. The standard InChI is InChI=1S/C27H24ClFN6O7/c1-41-18(20(36)21(29)35-13-32-19-22(31)33-26(28)34-23(19)35)12-42-27(24(37)38,25(39)40)10-14-6-8-15(9-7-14)17-5-3-2-4-16(17)11-30/h2-9,13,18,20-21,36H,10,12H2,1H3,(H,37,38)(H,39,40)(H2,31,33,34)/t18-,20-,21-/m1/s1. The maximum Gasteiger partial charge on any atom is 0.348 e. The van der Waals surface area contributed by atoms with Gasteiger partial charge in [-0.25, -0.2) is 19.0 Å². The normalized spacial score (nSPS) is 13.8. The molecule has 13 nitrogen and oxygen atoms in total. The van der Waals surface area contributed by atoms with Crippen LogP contribution in [0.15, 0.2) is 54.9 Å². The van der Waals surface area contributed by atoms with Crippen LogP contribution in [0.5, 0.6) is 0 Å². The third-order valence-electron chi connectivity index (χ3n) is 6.60. The first-order valence-electron chi connectivity index (χ1n) is 12.2.